The van der Waals surface area contributed by atoms with Gasteiger partial charge < -0.3 is 10.4 Å². The van der Waals surface area contributed by atoms with E-state index < -0.39 is 5.60 Å². The predicted octanol–water partition coefficient (Wildman–Crippen LogP) is 2.56. The standard InChI is InChI=1S/C13H25NOS/c1-11-12(6-5-9-16-11)14-10-13(15)7-3-2-4-8-13/h11-12,14-15H,2-10H2,1H3. The van der Waals surface area contributed by atoms with Crippen LogP contribution in [0.2, 0.25) is 0 Å². The minimum atomic E-state index is -0.403. The fourth-order valence-corrected chi connectivity index (χ4v) is 4.07. The maximum Gasteiger partial charge on any atom is 0.0771 e. The zero-order valence-electron chi connectivity index (χ0n) is 10.4. The molecule has 0 spiro atoms. The average molecular weight is 243 g/mol. The number of thioether (sulfide) groups is 1. The van der Waals surface area contributed by atoms with Crippen LogP contribution in [0.15, 0.2) is 0 Å². The van der Waals surface area contributed by atoms with Gasteiger partial charge in [-0.3, -0.25) is 0 Å². The molecule has 1 heterocycles. The summed E-state index contributed by atoms with van der Waals surface area (Å²) in [5.41, 5.74) is -0.403. The first-order chi connectivity index (χ1) is 7.70. The molecule has 16 heavy (non-hydrogen) atoms. The van der Waals surface area contributed by atoms with Gasteiger partial charge in [-0.1, -0.05) is 26.2 Å². The van der Waals surface area contributed by atoms with E-state index in [9.17, 15) is 5.11 Å². The van der Waals surface area contributed by atoms with E-state index in [1.165, 1.54) is 37.9 Å². The Bertz CT molecular complexity index is 216. The highest BCUT2D eigenvalue weighted by molar-refractivity contribution is 7.99. The second kappa shape index (κ2) is 5.74. The van der Waals surface area contributed by atoms with E-state index in [2.05, 4.69) is 24.0 Å². The van der Waals surface area contributed by atoms with Crippen molar-refractivity contribution >= 4 is 11.8 Å². The Kier molecular flexibility index (Phi) is 4.57. The molecule has 2 rings (SSSR count). The Morgan fingerprint density at radius 3 is 2.69 bits per heavy atom. The molecule has 0 amide bonds. The van der Waals surface area contributed by atoms with E-state index in [1.807, 2.05) is 0 Å². The molecule has 2 aliphatic rings. The Balaban J connectivity index is 1.76. The molecule has 1 saturated carbocycles. The molecule has 2 atom stereocenters. The summed E-state index contributed by atoms with van der Waals surface area (Å²) in [6.07, 6.45) is 8.30. The average Bonchev–Trinajstić information content (AvgIpc) is 2.29. The third-order valence-corrected chi connectivity index (χ3v) is 5.46. The number of nitrogens with one attached hydrogen (secondary N) is 1. The number of hydrogen-bond donors (Lipinski definition) is 2. The van der Waals surface area contributed by atoms with Crippen LogP contribution in [-0.4, -0.2) is 34.3 Å². The fourth-order valence-electron chi connectivity index (χ4n) is 2.90. The van der Waals surface area contributed by atoms with Crippen LogP contribution in [-0.2, 0) is 0 Å². The molecule has 2 fully saturated rings. The van der Waals surface area contributed by atoms with Crippen molar-refractivity contribution in [1.29, 1.82) is 0 Å². The quantitative estimate of drug-likeness (QED) is 0.799. The normalized spacial score (nSPS) is 34.9. The topological polar surface area (TPSA) is 32.3 Å². The Labute approximate surface area is 104 Å². The van der Waals surface area contributed by atoms with Crippen LogP contribution >= 0.6 is 11.8 Å². The van der Waals surface area contributed by atoms with Gasteiger partial charge in [-0.15, -0.1) is 0 Å². The van der Waals surface area contributed by atoms with Crippen LogP contribution in [0.25, 0.3) is 0 Å². The maximum absolute atomic E-state index is 10.4. The van der Waals surface area contributed by atoms with E-state index in [1.54, 1.807) is 0 Å². The van der Waals surface area contributed by atoms with Crippen molar-refractivity contribution in [3.05, 3.63) is 0 Å². The van der Waals surface area contributed by atoms with Crippen molar-refractivity contribution in [2.45, 2.75) is 68.8 Å². The Hall–Kier alpha value is 0.270. The molecule has 3 heteroatoms. The molecular weight excluding hydrogens is 218 g/mol. The first-order valence-corrected chi connectivity index (χ1v) is 7.82. The lowest BCUT2D eigenvalue weighted by molar-refractivity contribution is 0.00240. The molecular formula is C13H25NOS. The molecule has 0 radical (unpaired) electrons. The highest BCUT2D eigenvalue weighted by Crippen LogP contribution is 2.29. The van der Waals surface area contributed by atoms with Gasteiger partial charge in [0.25, 0.3) is 0 Å². The monoisotopic (exact) mass is 243 g/mol. The molecule has 94 valence electrons. The summed E-state index contributed by atoms with van der Waals surface area (Å²) >= 11 is 2.07. The van der Waals surface area contributed by atoms with Crippen molar-refractivity contribution in [1.82, 2.24) is 5.32 Å². The molecule has 2 N–H and O–H groups in total. The third-order valence-electron chi connectivity index (χ3n) is 4.08. The van der Waals surface area contributed by atoms with E-state index in [0.29, 0.717) is 11.3 Å². The van der Waals surface area contributed by atoms with Crippen molar-refractivity contribution in [3.8, 4) is 0 Å². The van der Waals surface area contributed by atoms with Gasteiger partial charge in [0.2, 0.25) is 0 Å². The number of rotatable bonds is 3. The molecule has 1 saturated heterocycles. The van der Waals surface area contributed by atoms with E-state index in [-0.39, 0.29) is 0 Å². The minimum absolute atomic E-state index is 0.403. The van der Waals surface area contributed by atoms with Crippen LogP contribution in [0, 0.1) is 0 Å². The van der Waals surface area contributed by atoms with E-state index in [0.717, 1.165) is 19.4 Å². The van der Waals surface area contributed by atoms with Crippen LogP contribution in [0.5, 0.6) is 0 Å². The second-order valence-electron chi connectivity index (χ2n) is 5.49. The highest BCUT2D eigenvalue weighted by Gasteiger charge is 2.31. The molecule has 2 unspecified atom stereocenters. The van der Waals surface area contributed by atoms with Crippen LogP contribution < -0.4 is 5.32 Å². The maximum atomic E-state index is 10.4. The number of hydrogen-bond acceptors (Lipinski definition) is 3. The number of aliphatic hydroxyl groups is 1. The summed E-state index contributed by atoms with van der Waals surface area (Å²) in [5.74, 6) is 1.31. The van der Waals surface area contributed by atoms with Gasteiger partial charge in [-0.25, -0.2) is 0 Å². The molecule has 0 aromatic rings. The van der Waals surface area contributed by atoms with Gasteiger partial charge in [0.15, 0.2) is 0 Å². The summed E-state index contributed by atoms with van der Waals surface area (Å²) < 4.78 is 0. The van der Waals surface area contributed by atoms with E-state index >= 15 is 0 Å². The summed E-state index contributed by atoms with van der Waals surface area (Å²) in [5, 5.41) is 14.7. The Morgan fingerprint density at radius 1 is 1.25 bits per heavy atom. The van der Waals surface area contributed by atoms with Gasteiger partial charge in [0.05, 0.1) is 5.60 Å². The fraction of sp³-hybridized carbons (Fsp3) is 1.00. The largest absolute Gasteiger partial charge is 0.389 e. The predicted molar refractivity (Wildman–Crippen MR) is 71.0 cm³/mol. The first kappa shape index (κ1) is 12.7. The Morgan fingerprint density at radius 2 is 2.00 bits per heavy atom. The molecule has 1 aliphatic carbocycles. The van der Waals surface area contributed by atoms with E-state index in [4.69, 9.17) is 0 Å². The SMILES string of the molecule is CC1SCCCC1NCC1(O)CCCCC1. The lowest BCUT2D eigenvalue weighted by Crippen LogP contribution is -2.49. The molecule has 2 nitrogen and oxygen atoms in total. The molecule has 0 aromatic heterocycles. The zero-order chi connectivity index (χ0) is 11.4. The van der Waals surface area contributed by atoms with Crippen molar-refractivity contribution in [3.63, 3.8) is 0 Å². The third kappa shape index (κ3) is 3.38. The zero-order valence-corrected chi connectivity index (χ0v) is 11.2. The van der Waals surface area contributed by atoms with Crippen LogP contribution in [0.4, 0.5) is 0 Å². The smallest absolute Gasteiger partial charge is 0.0771 e. The lowest BCUT2D eigenvalue weighted by Gasteiger charge is -2.36. The van der Waals surface area contributed by atoms with Crippen molar-refractivity contribution in [2.24, 2.45) is 0 Å². The first-order valence-electron chi connectivity index (χ1n) is 6.77. The summed E-state index contributed by atoms with van der Waals surface area (Å²) in [6, 6.07) is 0.615. The van der Waals surface area contributed by atoms with Crippen LogP contribution in [0.3, 0.4) is 0 Å². The molecule has 0 bridgehead atoms. The second-order valence-corrected chi connectivity index (χ2v) is 6.98. The van der Waals surface area contributed by atoms with Gasteiger partial charge >= 0.3 is 0 Å². The van der Waals surface area contributed by atoms with Gasteiger partial charge in [-0.05, 0) is 31.4 Å². The van der Waals surface area contributed by atoms with Crippen molar-refractivity contribution in [2.75, 3.05) is 12.3 Å². The van der Waals surface area contributed by atoms with Crippen molar-refractivity contribution < 1.29 is 5.11 Å². The highest BCUT2D eigenvalue weighted by atomic mass is 32.2. The minimum Gasteiger partial charge on any atom is -0.389 e. The summed E-state index contributed by atoms with van der Waals surface area (Å²) in [4.78, 5) is 0. The van der Waals surface area contributed by atoms with Gasteiger partial charge in [-0.2, -0.15) is 11.8 Å². The summed E-state index contributed by atoms with van der Waals surface area (Å²) in [6.45, 7) is 3.12. The van der Waals surface area contributed by atoms with Gasteiger partial charge in [0, 0.05) is 17.8 Å². The lowest BCUT2D eigenvalue weighted by atomic mass is 9.84. The van der Waals surface area contributed by atoms with Gasteiger partial charge in [0.1, 0.15) is 0 Å². The molecule has 1 aliphatic heterocycles. The van der Waals surface area contributed by atoms with Crippen LogP contribution in [0.1, 0.15) is 51.9 Å². The molecule has 0 aromatic carbocycles. The summed E-state index contributed by atoms with van der Waals surface area (Å²) in [7, 11) is 0.